The molecule has 0 bridgehead atoms. The molecule has 3 N–H and O–H groups in total. The number of esters is 10. The predicted octanol–water partition coefficient (Wildman–Crippen LogP) is -1.90. The van der Waals surface area contributed by atoms with E-state index in [2.05, 4.69) is 5.32 Å². The van der Waals surface area contributed by atoms with Gasteiger partial charge >= 0.3 is 71.8 Å². The third-order valence-electron chi connectivity index (χ3n) is 11.3. The summed E-state index contributed by atoms with van der Waals surface area (Å²) in [5.74, 6) is -17.1. The van der Waals surface area contributed by atoms with Crippen LogP contribution in [0.5, 0.6) is 0 Å². The summed E-state index contributed by atoms with van der Waals surface area (Å²) in [6, 6.07) is -1.66. The first-order valence-electron chi connectivity index (χ1n) is 24.5. The van der Waals surface area contributed by atoms with Crippen LogP contribution in [-0.2, 0) is 133 Å². The number of hydrogen-bond acceptors (Lipinski definition) is 29. The van der Waals surface area contributed by atoms with Crippen molar-refractivity contribution >= 4 is 71.5 Å². The molecule has 0 aromatic rings. The third-order valence-corrected chi connectivity index (χ3v) is 11.3. The standard InChI is InChI=1S/C47H65F3N2O29/c1-19(53)52-33-29(71-22(4)56)15-46(45(65)66-11,81-37(33)35(73-24(6)58)31(72-23(5)57)16-68-20(2)54)70-18-30-34(63)38(74-25(7)59)40(76-27(9)61)43(78-30)80-36-32(17-69-21(3)55)79-42(41(77-28(10)62)39(36)75-26(8)60)67-14-12-13-51-44(64)47(48,49)50/h29-43,63H,12-18H2,1-11H3,(H,51,64)(H,52,53)/t29-,30+,31+,32+,33+,34-,35+,36+,37+,38-,39-,40+,41+,42+,43-,46+/m0/s1. The fourth-order valence-corrected chi connectivity index (χ4v) is 8.43. The third kappa shape index (κ3) is 20.9. The molecular weight excluding hydrogens is 1110 g/mol. The molecule has 16 atom stereocenters. The first-order chi connectivity index (χ1) is 37.7. The van der Waals surface area contributed by atoms with Gasteiger partial charge in [-0.1, -0.05) is 0 Å². The molecule has 31 nitrogen and oxygen atoms in total. The van der Waals surface area contributed by atoms with Gasteiger partial charge in [-0.25, -0.2) is 4.79 Å². The Balaban J connectivity index is 2.27. The Morgan fingerprint density at radius 2 is 1.16 bits per heavy atom. The van der Waals surface area contributed by atoms with Crippen LogP contribution in [0, 0.1) is 0 Å². The lowest BCUT2D eigenvalue weighted by Gasteiger charge is -2.50. The van der Waals surface area contributed by atoms with Crippen LogP contribution in [0.1, 0.15) is 82.1 Å². The number of hydrogen-bond donors (Lipinski definition) is 3. The zero-order valence-corrected chi connectivity index (χ0v) is 45.6. The van der Waals surface area contributed by atoms with Crippen molar-refractivity contribution in [3.8, 4) is 0 Å². The molecule has 0 aliphatic carbocycles. The summed E-state index contributed by atoms with van der Waals surface area (Å²) in [5, 5.41) is 16.1. The van der Waals surface area contributed by atoms with Crippen LogP contribution in [-0.4, -0.2) is 221 Å². The van der Waals surface area contributed by atoms with Gasteiger partial charge in [0.05, 0.1) is 32.8 Å². The number of amides is 2. The molecule has 0 radical (unpaired) electrons. The van der Waals surface area contributed by atoms with E-state index in [9.17, 15) is 75.8 Å². The van der Waals surface area contributed by atoms with Crippen LogP contribution in [0.3, 0.4) is 0 Å². The topological polar surface area (TPSA) is 397 Å². The van der Waals surface area contributed by atoms with Crippen LogP contribution < -0.4 is 10.6 Å². The smallest absolute Gasteiger partial charge is 0.465 e. The zero-order chi connectivity index (χ0) is 61.3. The van der Waals surface area contributed by atoms with Gasteiger partial charge < -0.3 is 91.5 Å². The molecule has 3 aliphatic heterocycles. The number of carbonyl (C=O) groups is 12. The van der Waals surface area contributed by atoms with E-state index < -0.39 is 215 Å². The molecule has 3 aliphatic rings. The normalized spacial score (nSPS) is 28.9. The fourth-order valence-electron chi connectivity index (χ4n) is 8.43. The molecule has 3 rings (SSSR count). The number of nitrogens with one attached hydrogen (secondary N) is 2. The van der Waals surface area contributed by atoms with Gasteiger partial charge in [0.2, 0.25) is 5.91 Å². The summed E-state index contributed by atoms with van der Waals surface area (Å²) in [6.45, 7) is 5.25. The molecule has 81 heavy (non-hydrogen) atoms. The van der Waals surface area contributed by atoms with Crippen molar-refractivity contribution in [1.82, 2.24) is 10.6 Å². The molecule has 0 aromatic carbocycles. The lowest BCUT2D eigenvalue weighted by Crippen LogP contribution is -2.70. The number of carbonyl (C=O) groups excluding carboxylic acids is 12. The Hall–Kier alpha value is -6.85. The van der Waals surface area contributed by atoms with E-state index in [-0.39, 0.29) is 6.42 Å². The summed E-state index contributed by atoms with van der Waals surface area (Å²) in [6.07, 6.45) is -34.0. The van der Waals surface area contributed by atoms with Gasteiger partial charge in [-0.2, -0.15) is 13.2 Å². The Labute approximate surface area is 459 Å². The van der Waals surface area contributed by atoms with Crippen molar-refractivity contribution < 1.29 is 152 Å². The van der Waals surface area contributed by atoms with Gasteiger partial charge in [0.1, 0.15) is 49.8 Å². The van der Waals surface area contributed by atoms with Gasteiger partial charge in [-0.05, 0) is 6.42 Å². The molecule has 3 fully saturated rings. The number of ether oxygens (including phenoxy) is 16. The second-order valence-corrected chi connectivity index (χ2v) is 18.0. The monoisotopic (exact) mass is 1180 g/mol. The summed E-state index contributed by atoms with van der Waals surface area (Å²) in [7, 11) is 0.837. The first kappa shape index (κ1) is 68.4. The molecule has 3 heterocycles. The van der Waals surface area contributed by atoms with Crippen molar-refractivity contribution in [3.63, 3.8) is 0 Å². The number of rotatable bonds is 25. The van der Waals surface area contributed by atoms with E-state index in [0.717, 1.165) is 76.3 Å². The highest BCUT2D eigenvalue weighted by molar-refractivity contribution is 5.81. The molecule has 0 spiro atoms. The van der Waals surface area contributed by atoms with Crippen molar-refractivity contribution in [3.05, 3.63) is 0 Å². The number of aliphatic hydroxyl groups excluding tert-OH is 1. The highest BCUT2D eigenvalue weighted by Crippen LogP contribution is 2.40. The average molecular weight is 1180 g/mol. The van der Waals surface area contributed by atoms with Crippen molar-refractivity contribution in [1.29, 1.82) is 0 Å². The van der Waals surface area contributed by atoms with E-state index in [1.165, 1.54) is 0 Å². The Kier molecular flexibility index (Phi) is 26.0. The van der Waals surface area contributed by atoms with Crippen LogP contribution in [0.15, 0.2) is 0 Å². The Bertz CT molecular complexity index is 2290. The second kappa shape index (κ2) is 30.8. The average Bonchev–Trinajstić information content (AvgIpc) is 3.34. The molecule has 0 unspecified atom stereocenters. The number of aliphatic hydroxyl groups is 1. The molecule has 2 amide bonds. The molecule has 3 saturated heterocycles. The maximum atomic E-state index is 14.2. The van der Waals surface area contributed by atoms with Crippen molar-refractivity contribution in [2.24, 2.45) is 0 Å². The van der Waals surface area contributed by atoms with Crippen LogP contribution in [0.25, 0.3) is 0 Å². The molecular formula is C47H65F3N2O29. The molecule has 0 saturated carbocycles. The number of halogens is 3. The van der Waals surface area contributed by atoms with Gasteiger partial charge in [-0.15, -0.1) is 0 Å². The Morgan fingerprint density at radius 1 is 0.630 bits per heavy atom. The number of alkyl halides is 3. The van der Waals surface area contributed by atoms with Gasteiger partial charge in [0.15, 0.2) is 49.2 Å². The zero-order valence-electron chi connectivity index (χ0n) is 45.6. The van der Waals surface area contributed by atoms with Gasteiger partial charge in [-0.3, -0.25) is 52.7 Å². The summed E-state index contributed by atoms with van der Waals surface area (Å²) >= 11 is 0. The minimum atomic E-state index is -5.22. The predicted molar refractivity (Wildman–Crippen MR) is 248 cm³/mol. The van der Waals surface area contributed by atoms with Crippen LogP contribution >= 0.6 is 0 Å². The van der Waals surface area contributed by atoms with Gasteiger partial charge in [0, 0.05) is 75.8 Å². The molecule has 34 heteroatoms. The second-order valence-electron chi connectivity index (χ2n) is 18.0. The summed E-state index contributed by atoms with van der Waals surface area (Å²) < 4.78 is 129. The van der Waals surface area contributed by atoms with Crippen LogP contribution in [0.4, 0.5) is 13.2 Å². The highest BCUT2D eigenvalue weighted by atomic mass is 19.4. The van der Waals surface area contributed by atoms with Gasteiger partial charge in [0.25, 0.3) is 5.79 Å². The van der Waals surface area contributed by atoms with Crippen molar-refractivity contribution in [2.75, 3.05) is 40.1 Å². The van der Waals surface area contributed by atoms with Crippen molar-refractivity contribution in [2.45, 2.75) is 186 Å². The van der Waals surface area contributed by atoms with E-state index >= 15 is 0 Å². The largest absolute Gasteiger partial charge is 0.471 e. The van der Waals surface area contributed by atoms with Crippen LogP contribution in [0.2, 0.25) is 0 Å². The minimum Gasteiger partial charge on any atom is -0.465 e. The van der Waals surface area contributed by atoms with E-state index in [0.29, 0.717) is 0 Å². The quantitative estimate of drug-likeness (QED) is 0.0510. The lowest BCUT2D eigenvalue weighted by atomic mass is 9.87. The minimum absolute atomic E-state index is 0.328. The number of methoxy groups -OCH3 is 1. The maximum Gasteiger partial charge on any atom is 0.471 e. The van der Waals surface area contributed by atoms with E-state index in [1.54, 1.807) is 5.32 Å². The SMILES string of the molecule is COC(=O)[C@@]1(OC[C@H]2O[C@@H](O[C@H]3[C@H](OC(C)=O)[C@@H](OC(C)=O)[C@H](OCCCNC(=O)C(F)(F)F)O[C@@H]3COC(C)=O)[C@H](OC(C)=O)[C@@H](OC(C)=O)[C@H]2O)C[C@H](OC(C)=O)[C@@H](NC(C)=O)[C@H]([C@H](OC(C)=O)[C@@H](COC(C)=O)OC(C)=O)O1. The summed E-state index contributed by atoms with van der Waals surface area (Å²) in [5.41, 5.74) is 0. The van der Waals surface area contributed by atoms with E-state index in [4.69, 9.17) is 75.8 Å². The first-order valence-corrected chi connectivity index (χ1v) is 24.5. The molecule has 0 aromatic heterocycles. The Morgan fingerprint density at radius 3 is 1.67 bits per heavy atom. The lowest BCUT2D eigenvalue weighted by molar-refractivity contribution is -0.368. The summed E-state index contributed by atoms with van der Waals surface area (Å²) in [4.78, 5) is 152. The fraction of sp³-hybridized carbons (Fsp3) is 0.745. The molecule has 458 valence electrons. The highest BCUT2D eigenvalue weighted by Gasteiger charge is 2.61. The van der Waals surface area contributed by atoms with E-state index in [1.807, 2.05) is 0 Å². The maximum absolute atomic E-state index is 14.2.